The first-order valence-electron chi connectivity index (χ1n) is 34.0. The molecule has 73 heavy (non-hydrogen) atoms. The molecule has 0 aliphatic rings. The van der Waals surface area contributed by atoms with Gasteiger partial charge in [0.15, 0.2) is 0 Å². The lowest BCUT2D eigenvalue weighted by molar-refractivity contribution is 0.308. The van der Waals surface area contributed by atoms with E-state index < -0.39 is 0 Å². The van der Waals surface area contributed by atoms with Gasteiger partial charge in [-0.3, -0.25) is 0 Å². The molecule has 0 heteroatoms. The standard InChI is InChI=1S/C73H136/c1-8-15-21-25-29-32-35-37-39-41-43-46-49-52-55-60-65-70(64-59-54-51-48-45-34-31-27-23-17-10-3)72(14-7)73(68-62-20-13-6,71(66-58-19-12-5)67-61-56-28-24-18-11-4)69-63-57-53-50-47-44-42-40-38-36-33-30-26-22-16-9-2/h9-11,15,21,66H,2-4,8,12-14,16-20,22-65,67-69H2,1,5-7H3. The predicted molar refractivity (Wildman–Crippen MR) is 339 cm³/mol. The van der Waals surface area contributed by atoms with Gasteiger partial charge in [-0.15, -0.1) is 19.7 Å². The van der Waals surface area contributed by atoms with Crippen LogP contribution in [0.2, 0.25) is 0 Å². The second-order valence-electron chi connectivity index (χ2n) is 23.5. The highest BCUT2D eigenvalue weighted by molar-refractivity contribution is 5.34. The van der Waals surface area contributed by atoms with Gasteiger partial charge in [0.2, 0.25) is 0 Å². The maximum absolute atomic E-state index is 4.04. The van der Waals surface area contributed by atoms with Crippen LogP contribution in [-0.2, 0) is 0 Å². The summed E-state index contributed by atoms with van der Waals surface area (Å²) < 4.78 is 0. The minimum atomic E-state index is 0.275. The molecule has 0 heterocycles. The topological polar surface area (TPSA) is 0 Å². The lowest BCUT2D eigenvalue weighted by Crippen LogP contribution is -2.28. The maximum Gasteiger partial charge on any atom is 0.0123 e. The number of unbranched alkanes of at least 4 members (excludes halogenated alkanes) is 43. The molecule has 0 bridgehead atoms. The predicted octanol–water partition coefficient (Wildman–Crippen LogP) is 27.2. The summed E-state index contributed by atoms with van der Waals surface area (Å²) in [5.41, 5.74) is 6.09. The van der Waals surface area contributed by atoms with Gasteiger partial charge in [0, 0.05) is 5.41 Å². The molecular weight excluding hydrogens is 877 g/mol. The van der Waals surface area contributed by atoms with Crippen LogP contribution in [0.4, 0.5) is 0 Å². The Hall–Kier alpha value is -1.56. The van der Waals surface area contributed by atoms with Gasteiger partial charge in [0.1, 0.15) is 0 Å². The third kappa shape index (κ3) is 45.2. The van der Waals surface area contributed by atoms with Crippen molar-refractivity contribution in [2.45, 2.75) is 387 Å². The largest absolute Gasteiger partial charge is 0.103 e. The summed E-state index contributed by atoms with van der Waals surface area (Å²) in [6, 6.07) is 0. The fraction of sp³-hybridized carbons (Fsp3) is 0.836. The van der Waals surface area contributed by atoms with Crippen molar-refractivity contribution in [1.82, 2.24) is 0 Å². The van der Waals surface area contributed by atoms with Crippen LogP contribution in [0.3, 0.4) is 0 Å². The van der Waals surface area contributed by atoms with E-state index in [0.717, 1.165) is 0 Å². The van der Waals surface area contributed by atoms with Gasteiger partial charge in [0.25, 0.3) is 0 Å². The summed E-state index contributed by atoms with van der Waals surface area (Å²) >= 11 is 0. The molecule has 0 radical (unpaired) electrons. The summed E-state index contributed by atoms with van der Waals surface area (Å²) in [5, 5.41) is 0. The van der Waals surface area contributed by atoms with E-state index in [4.69, 9.17) is 0 Å². The van der Waals surface area contributed by atoms with Gasteiger partial charge >= 0.3 is 0 Å². The molecule has 0 spiro atoms. The van der Waals surface area contributed by atoms with Crippen LogP contribution < -0.4 is 0 Å². The van der Waals surface area contributed by atoms with Crippen molar-refractivity contribution in [3.63, 3.8) is 0 Å². The van der Waals surface area contributed by atoms with Crippen molar-refractivity contribution in [2.75, 3.05) is 0 Å². The second kappa shape index (κ2) is 59.7. The Balaban J connectivity index is 6.21. The van der Waals surface area contributed by atoms with Crippen molar-refractivity contribution >= 4 is 0 Å². The lowest BCUT2D eigenvalue weighted by Gasteiger charge is -2.42. The highest BCUT2D eigenvalue weighted by atomic mass is 14.4. The SMILES string of the molecule is C=CCCCCCCCCCCCCCCCCC(CCCCC)(C(=CCCCC)CCCCCCC=C)C(CC)=C(CCCCCCCCCCCC=C)CCCCCCCCCCCCCCC=CCC. The van der Waals surface area contributed by atoms with E-state index in [-0.39, 0.29) is 5.41 Å². The molecule has 0 aliphatic carbocycles. The van der Waals surface area contributed by atoms with Crippen LogP contribution in [0.5, 0.6) is 0 Å². The summed E-state index contributed by atoms with van der Waals surface area (Å²) in [4.78, 5) is 0. The van der Waals surface area contributed by atoms with Gasteiger partial charge in [-0.05, 0) is 122 Å². The number of allylic oxidation sites excluding steroid dienone is 9. The molecule has 1 atom stereocenters. The van der Waals surface area contributed by atoms with E-state index in [9.17, 15) is 0 Å². The minimum Gasteiger partial charge on any atom is -0.103 e. The molecule has 0 nitrogen and oxygen atoms in total. The highest BCUT2D eigenvalue weighted by Crippen LogP contribution is 2.51. The Labute approximate surface area is 463 Å². The van der Waals surface area contributed by atoms with Crippen LogP contribution in [0.25, 0.3) is 0 Å². The normalized spacial score (nSPS) is 13.2. The highest BCUT2D eigenvalue weighted by Gasteiger charge is 2.37. The van der Waals surface area contributed by atoms with E-state index in [2.05, 4.69) is 83.9 Å². The van der Waals surface area contributed by atoms with Crippen molar-refractivity contribution in [3.05, 3.63) is 72.9 Å². The summed E-state index contributed by atoms with van der Waals surface area (Å²) in [6.07, 6.45) is 91.6. The van der Waals surface area contributed by atoms with Crippen molar-refractivity contribution in [3.8, 4) is 0 Å². The third-order valence-electron chi connectivity index (χ3n) is 16.9. The molecule has 0 rings (SSSR count). The maximum atomic E-state index is 4.04. The van der Waals surface area contributed by atoms with E-state index >= 15 is 0 Å². The second-order valence-corrected chi connectivity index (χ2v) is 23.5. The fourth-order valence-corrected chi connectivity index (χ4v) is 12.3. The van der Waals surface area contributed by atoms with Crippen molar-refractivity contribution in [2.24, 2.45) is 5.41 Å². The fourth-order valence-electron chi connectivity index (χ4n) is 12.3. The monoisotopic (exact) mass is 1010 g/mol. The molecule has 0 aromatic rings. The Morgan fingerprint density at radius 3 is 0.959 bits per heavy atom. The van der Waals surface area contributed by atoms with Crippen LogP contribution in [0.15, 0.2) is 72.9 Å². The van der Waals surface area contributed by atoms with Crippen molar-refractivity contribution < 1.29 is 0 Å². The first-order chi connectivity index (χ1) is 36.1. The number of hydrogen-bond acceptors (Lipinski definition) is 0. The van der Waals surface area contributed by atoms with Gasteiger partial charge in [-0.2, -0.15) is 0 Å². The Morgan fingerprint density at radius 2 is 0.616 bits per heavy atom. The first kappa shape index (κ1) is 71.4. The average molecular weight is 1010 g/mol. The van der Waals surface area contributed by atoms with Crippen LogP contribution in [-0.4, -0.2) is 0 Å². The van der Waals surface area contributed by atoms with Crippen LogP contribution in [0, 0.1) is 5.41 Å². The molecule has 1 unspecified atom stereocenters. The number of rotatable bonds is 62. The van der Waals surface area contributed by atoms with Gasteiger partial charge in [-0.1, -0.05) is 318 Å². The lowest BCUT2D eigenvalue weighted by atomic mass is 9.63. The summed E-state index contributed by atoms with van der Waals surface area (Å²) in [5.74, 6) is 0. The quantitative estimate of drug-likeness (QED) is 0.0421. The Kier molecular flexibility index (Phi) is 58.4. The van der Waals surface area contributed by atoms with Gasteiger partial charge in [0.05, 0.1) is 0 Å². The van der Waals surface area contributed by atoms with Gasteiger partial charge in [-0.25, -0.2) is 0 Å². The molecule has 0 saturated heterocycles. The van der Waals surface area contributed by atoms with Crippen molar-refractivity contribution in [1.29, 1.82) is 0 Å². The summed E-state index contributed by atoms with van der Waals surface area (Å²) in [6.45, 7) is 21.5. The molecule has 0 aromatic heterocycles. The third-order valence-corrected chi connectivity index (χ3v) is 16.9. The first-order valence-corrected chi connectivity index (χ1v) is 34.0. The van der Waals surface area contributed by atoms with Crippen LogP contribution >= 0.6 is 0 Å². The molecule has 0 fully saturated rings. The molecule has 0 saturated carbocycles. The molecule has 0 amide bonds. The zero-order valence-electron chi connectivity index (χ0n) is 51.2. The van der Waals surface area contributed by atoms with E-state index in [1.54, 1.807) is 0 Å². The Morgan fingerprint density at radius 1 is 0.301 bits per heavy atom. The molecule has 428 valence electrons. The van der Waals surface area contributed by atoms with E-state index in [0.29, 0.717) is 0 Å². The molecular formula is C73H136. The van der Waals surface area contributed by atoms with Crippen LogP contribution in [0.1, 0.15) is 387 Å². The van der Waals surface area contributed by atoms with E-state index in [1.807, 2.05) is 16.7 Å². The summed E-state index contributed by atoms with van der Waals surface area (Å²) in [7, 11) is 0. The van der Waals surface area contributed by atoms with E-state index in [1.165, 1.54) is 360 Å². The molecule has 0 N–H and O–H groups in total. The number of hydrogen-bond donors (Lipinski definition) is 0. The Bertz CT molecular complexity index is 1220. The minimum absolute atomic E-state index is 0.275. The smallest absolute Gasteiger partial charge is 0.0123 e. The van der Waals surface area contributed by atoms with Gasteiger partial charge < -0.3 is 0 Å². The molecule has 0 aliphatic heterocycles. The molecule has 0 aromatic carbocycles. The average Bonchev–Trinajstić information content (AvgIpc) is 3.40. The zero-order chi connectivity index (χ0) is 53.1. The zero-order valence-corrected chi connectivity index (χ0v) is 51.2.